The number of sulfonamides is 1. The van der Waals surface area contributed by atoms with Crippen LogP contribution >= 0.6 is 11.3 Å². The zero-order valence-electron chi connectivity index (χ0n) is 23.0. The van der Waals surface area contributed by atoms with E-state index in [2.05, 4.69) is 10.4 Å². The predicted molar refractivity (Wildman–Crippen MR) is 158 cm³/mol. The first-order valence-corrected chi connectivity index (χ1v) is 15.6. The zero-order chi connectivity index (χ0) is 29.3. The molecule has 0 radical (unpaired) electrons. The molecule has 0 saturated carbocycles. The third kappa shape index (κ3) is 5.54. The van der Waals surface area contributed by atoms with E-state index in [0.29, 0.717) is 18.8 Å². The number of thiophene rings is 1. The number of benzene rings is 2. The number of rotatable bonds is 7. The highest BCUT2D eigenvalue weighted by Gasteiger charge is 2.27. The molecule has 12 heteroatoms. The van der Waals surface area contributed by atoms with Crippen molar-refractivity contribution in [2.24, 2.45) is 0 Å². The SMILES string of the molecule is CCOC(=O)c1nn(-c2ccc(C)c(C)c2)c(=O)c2c(NC(=O)c3ccc(S(=O)(=O)N4CCCCC4)cc3)scc12. The smallest absolute Gasteiger partial charge is 0.359 e. The Bertz CT molecular complexity index is 1800. The van der Waals surface area contributed by atoms with Crippen LogP contribution in [0, 0.1) is 13.8 Å². The van der Waals surface area contributed by atoms with Crippen molar-refractivity contribution >= 4 is 49.0 Å². The van der Waals surface area contributed by atoms with Gasteiger partial charge < -0.3 is 10.1 Å². The van der Waals surface area contributed by atoms with Crippen molar-refractivity contribution < 1.29 is 22.7 Å². The van der Waals surface area contributed by atoms with Gasteiger partial charge in [-0.2, -0.15) is 14.1 Å². The lowest BCUT2D eigenvalue weighted by molar-refractivity contribution is 0.0519. The Morgan fingerprint density at radius 3 is 2.39 bits per heavy atom. The second-order valence-electron chi connectivity index (χ2n) is 9.85. The molecule has 0 aliphatic carbocycles. The number of piperidine rings is 1. The first kappa shape index (κ1) is 28.7. The Labute approximate surface area is 241 Å². The third-order valence-electron chi connectivity index (χ3n) is 7.15. The van der Waals surface area contributed by atoms with E-state index in [1.54, 1.807) is 24.4 Å². The van der Waals surface area contributed by atoms with Gasteiger partial charge in [0, 0.05) is 29.4 Å². The summed E-state index contributed by atoms with van der Waals surface area (Å²) < 4.78 is 33.8. The minimum Gasteiger partial charge on any atom is -0.461 e. The number of nitrogens with one attached hydrogen (secondary N) is 1. The quantitative estimate of drug-likeness (QED) is 0.308. The molecule has 1 amide bonds. The monoisotopic (exact) mass is 594 g/mol. The molecule has 1 N–H and O–H groups in total. The summed E-state index contributed by atoms with van der Waals surface area (Å²) in [5.41, 5.74) is 2.13. The van der Waals surface area contributed by atoms with Gasteiger partial charge in [0.2, 0.25) is 10.0 Å². The highest BCUT2D eigenvalue weighted by atomic mass is 32.2. The van der Waals surface area contributed by atoms with Gasteiger partial charge in [0.05, 0.1) is 22.6 Å². The van der Waals surface area contributed by atoms with Crippen molar-refractivity contribution in [3.63, 3.8) is 0 Å². The van der Waals surface area contributed by atoms with Gasteiger partial charge in [-0.3, -0.25) is 9.59 Å². The predicted octanol–water partition coefficient (Wildman–Crippen LogP) is 4.67. The van der Waals surface area contributed by atoms with E-state index in [1.807, 2.05) is 19.9 Å². The number of ether oxygens (including phenoxy) is 1. The summed E-state index contributed by atoms with van der Waals surface area (Å²) in [4.78, 5) is 39.8. The molecule has 1 aliphatic heterocycles. The number of aryl methyl sites for hydroxylation is 2. The molecule has 0 spiro atoms. The molecule has 1 fully saturated rings. The van der Waals surface area contributed by atoms with Crippen molar-refractivity contribution in [1.29, 1.82) is 0 Å². The number of esters is 1. The van der Waals surface area contributed by atoms with E-state index < -0.39 is 27.5 Å². The molecular weight excluding hydrogens is 564 g/mol. The highest BCUT2D eigenvalue weighted by Crippen LogP contribution is 2.31. The number of hydrogen-bond donors (Lipinski definition) is 1. The van der Waals surface area contributed by atoms with Gasteiger partial charge >= 0.3 is 5.97 Å². The van der Waals surface area contributed by atoms with Crippen molar-refractivity contribution in [2.45, 2.75) is 44.9 Å². The van der Waals surface area contributed by atoms with Gasteiger partial charge in [-0.1, -0.05) is 12.5 Å². The number of amides is 1. The van der Waals surface area contributed by atoms with Crippen LogP contribution in [0.15, 0.2) is 57.5 Å². The summed E-state index contributed by atoms with van der Waals surface area (Å²) >= 11 is 1.09. The minimum atomic E-state index is -3.63. The summed E-state index contributed by atoms with van der Waals surface area (Å²) in [6.07, 6.45) is 2.66. The average Bonchev–Trinajstić information content (AvgIpc) is 3.39. The zero-order valence-corrected chi connectivity index (χ0v) is 24.6. The average molecular weight is 595 g/mol. The largest absolute Gasteiger partial charge is 0.461 e. The number of fused-ring (bicyclic) bond motifs is 1. The topological polar surface area (TPSA) is 128 Å². The van der Waals surface area contributed by atoms with Gasteiger partial charge in [-0.25, -0.2) is 13.2 Å². The molecule has 214 valence electrons. The molecule has 1 aliphatic rings. The van der Waals surface area contributed by atoms with Crippen LogP contribution in [0.5, 0.6) is 0 Å². The lowest BCUT2D eigenvalue weighted by atomic mass is 10.1. The Kier molecular flexibility index (Phi) is 8.07. The summed E-state index contributed by atoms with van der Waals surface area (Å²) in [6.45, 7) is 6.63. The number of carbonyl (C=O) groups is 2. The van der Waals surface area contributed by atoms with E-state index in [9.17, 15) is 22.8 Å². The fourth-order valence-corrected chi connectivity index (χ4v) is 7.18. The fourth-order valence-electron chi connectivity index (χ4n) is 4.73. The first-order valence-electron chi connectivity index (χ1n) is 13.3. The summed E-state index contributed by atoms with van der Waals surface area (Å²) in [7, 11) is -3.63. The van der Waals surface area contributed by atoms with Gasteiger partial charge in [0.25, 0.3) is 11.5 Å². The summed E-state index contributed by atoms with van der Waals surface area (Å²) in [6, 6.07) is 11.1. The van der Waals surface area contributed by atoms with Crippen LogP contribution in [0.4, 0.5) is 5.00 Å². The normalized spacial score (nSPS) is 14.2. The maximum absolute atomic E-state index is 13.7. The maximum atomic E-state index is 13.7. The lowest BCUT2D eigenvalue weighted by Gasteiger charge is -2.25. The minimum absolute atomic E-state index is 0.0382. The molecule has 4 aromatic rings. The third-order valence-corrected chi connectivity index (χ3v) is 9.96. The van der Waals surface area contributed by atoms with Crippen LogP contribution in [0.3, 0.4) is 0 Å². The van der Waals surface area contributed by atoms with Gasteiger partial charge in [0.1, 0.15) is 5.00 Å². The van der Waals surface area contributed by atoms with Crippen LogP contribution < -0.4 is 10.9 Å². The van der Waals surface area contributed by atoms with Crippen molar-refractivity contribution in [2.75, 3.05) is 25.0 Å². The van der Waals surface area contributed by atoms with E-state index in [0.717, 1.165) is 46.4 Å². The number of aromatic nitrogens is 2. The van der Waals surface area contributed by atoms with Crippen molar-refractivity contribution in [1.82, 2.24) is 14.1 Å². The second-order valence-corrected chi connectivity index (χ2v) is 12.7. The molecule has 0 bridgehead atoms. The standard InChI is InChI=1S/C29H30N4O6S2/c1-4-39-29(36)25-23-17-40-27(24(23)28(35)33(31-25)21-11-8-18(2)19(3)16-21)30-26(34)20-9-12-22(13-10-20)41(37,38)32-14-6-5-7-15-32/h8-13,16-17H,4-7,14-15H2,1-3H3,(H,30,34). The fraction of sp³-hybridized carbons (Fsp3) is 0.310. The Morgan fingerprint density at radius 2 is 1.73 bits per heavy atom. The summed E-state index contributed by atoms with van der Waals surface area (Å²) in [5, 5.41) is 9.34. The molecule has 3 heterocycles. The molecule has 5 rings (SSSR count). The van der Waals surface area contributed by atoms with Crippen molar-refractivity contribution in [3.8, 4) is 5.69 Å². The molecule has 0 unspecified atom stereocenters. The Morgan fingerprint density at radius 1 is 1.02 bits per heavy atom. The van der Waals surface area contributed by atoms with Gasteiger partial charge in [-0.15, -0.1) is 11.3 Å². The summed E-state index contributed by atoms with van der Waals surface area (Å²) in [5.74, 6) is -1.21. The number of anilines is 1. The molecule has 10 nitrogen and oxygen atoms in total. The van der Waals surface area contributed by atoms with Crippen LogP contribution in [0.25, 0.3) is 16.5 Å². The van der Waals surface area contributed by atoms with Gasteiger partial charge in [-0.05, 0) is 81.1 Å². The van der Waals surface area contributed by atoms with E-state index in [1.165, 1.54) is 28.6 Å². The van der Waals surface area contributed by atoms with Crippen LogP contribution in [-0.4, -0.2) is 54.1 Å². The second kappa shape index (κ2) is 11.6. The molecule has 1 saturated heterocycles. The van der Waals surface area contributed by atoms with Crippen molar-refractivity contribution in [3.05, 3.63) is 80.6 Å². The van der Waals surface area contributed by atoms with E-state index in [-0.39, 0.29) is 38.5 Å². The lowest BCUT2D eigenvalue weighted by Crippen LogP contribution is -2.35. The van der Waals surface area contributed by atoms with Crippen LogP contribution in [0.1, 0.15) is 58.2 Å². The number of hydrogen-bond acceptors (Lipinski definition) is 8. The Hall–Kier alpha value is -3.87. The maximum Gasteiger partial charge on any atom is 0.359 e. The molecule has 2 aromatic carbocycles. The van der Waals surface area contributed by atoms with E-state index >= 15 is 0 Å². The van der Waals surface area contributed by atoms with Gasteiger partial charge in [0.15, 0.2) is 5.69 Å². The van der Waals surface area contributed by atoms with E-state index in [4.69, 9.17) is 4.74 Å². The number of carbonyl (C=O) groups excluding carboxylic acids is 2. The number of nitrogens with zero attached hydrogens (tertiary/aromatic N) is 3. The molecule has 0 atom stereocenters. The Balaban J connectivity index is 1.51. The first-order chi connectivity index (χ1) is 19.6. The van der Waals surface area contributed by atoms with Crippen LogP contribution in [-0.2, 0) is 14.8 Å². The molecule has 41 heavy (non-hydrogen) atoms. The van der Waals surface area contributed by atoms with Crippen LogP contribution in [0.2, 0.25) is 0 Å². The molecule has 2 aromatic heterocycles. The highest BCUT2D eigenvalue weighted by molar-refractivity contribution is 7.89. The molecular formula is C29H30N4O6S2.